The molecule has 1 aliphatic heterocycles. The van der Waals surface area contributed by atoms with Gasteiger partial charge in [0, 0.05) is 25.2 Å². The van der Waals surface area contributed by atoms with Crippen LogP contribution in [0.1, 0.15) is 17.5 Å². The molecule has 1 saturated heterocycles. The van der Waals surface area contributed by atoms with Gasteiger partial charge < -0.3 is 20.1 Å². The molecule has 0 aromatic heterocycles. The maximum atomic E-state index is 12.3. The van der Waals surface area contributed by atoms with Gasteiger partial charge in [0.05, 0.1) is 5.92 Å². The number of amides is 2. The highest BCUT2D eigenvalue weighted by Crippen LogP contribution is 2.26. The number of para-hydroxylation sites is 1. The van der Waals surface area contributed by atoms with Crippen LogP contribution in [0.5, 0.6) is 11.5 Å². The Hall–Kier alpha value is -3.02. The van der Waals surface area contributed by atoms with Gasteiger partial charge in [0.1, 0.15) is 11.5 Å². The van der Waals surface area contributed by atoms with E-state index in [-0.39, 0.29) is 12.6 Å². The fraction of sp³-hybridized carbons (Fsp3) is 0.300. The maximum absolute atomic E-state index is 12.3. The highest BCUT2D eigenvalue weighted by Gasteiger charge is 2.30. The summed E-state index contributed by atoms with van der Waals surface area (Å²) >= 11 is 0. The molecular weight excluding hydrogens is 332 g/mol. The molecule has 3 rings (SSSR count). The number of carbonyl (C=O) groups excluding carboxylic acids is 1. The van der Waals surface area contributed by atoms with Gasteiger partial charge in [0.2, 0.25) is 0 Å². The molecule has 1 unspecified atom stereocenters. The molecule has 2 amide bonds. The summed E-state index contributed by atoms with van der Waals surface area (Å²) in [4.78, 5) is 24.8. The van der Waals surface area contributed by atoms with Crippen molar-refractivity contribution in [3.8, 4) is 11.5 Å². The SMILES string of the molecule is Cc1cccc(Oc2ccccc2CNC(=O)N2CCC(C(=O)O)C2)c1. The van der Waals surface area contributed by atoms with E-state index < -0.39 is 11.9 Å². The third-order valence-corrected chi connectivity index (χ3v) is 4.44. The molecular formula is C20H22N2O4. The summed E-state index contributed by atoms with van der Waals surface area (Å²) in [5.41, 5.74) is 1.96. The number of hydrogen-bond donors (Lipinski definition) is 2. The van der Waals surface area contributed by atoms with Gasteiger partial charge in [-0.05, 0) is 37.1 Å². The topological polar surface area (TPSA) is 78.9 Å². The van der Waals surface area contributed by atoms with Crippen molar-refractivity contribution in [3.63, 3.8) is 0 Å². The molecule has 0 spiro atoms. The number of rotatable bonds is 5. The quantitative estimate of drug-likeness (QED) is 0.862. The van der Waals surface area contributed by atoms with Crippen LogP contribution in [0.25, 0.3) is 0 Å². The van der Waals surface area contributed by atoms with Crippen LogP contribution in [0.2, 0.25) is 0 Å². The summed E-state index contributed by atoms with van der Waals surface area (Å²) in [6.45, 7) is 3.03. The second-order valence-corrected chi connectivity index (χ2v) is 6.45. The van der Waals surface area contributed by atoms with Gasteiger partial charge in [-0.3, -0.25) is 4.79 Å². The van der Waals surface area contributed by atoms with Gasteiger partial charge in [0.25, 0.3) is 0 Å². The van der Waals surface area contributed by atoms with E-state index in [1.54, 1.807) is 4.90 Å². The summed E-state index contributed by atoms with van der Waals surface area (Å²) in [5.74, 6) is 0.103. The Balaban J connectivity index is 1.62. The predicted octanol–water partition coefficient (Wildman–Crippen LogP) is 3.40. The number of ether oxygens (including phenoxy) is 1. The molecule has 1 heterocycles. The van der Waals surface area contributed by atoms with Crippen LogP contribution in [0.4, 0.5) is 4.79 Å². The number of nitrogens with zero attached hydrogens (tertiary/aromatic N) is 1. The summed E-state index contributed by atoms with van der Waals surface area (Å²) in [6.07, 6.45) is 0.496. The minimum Gasteiger partial charge on any atom is -0.481 e. The number of hydrogen-bond acceptors (Lipinski definition) is 3. The zero-order valence-electron chi connectivity index (χ0n) is 14.6. The van der Waals surface area contributed by atoms with Gasteiger partial charge in [0.15, 0.2) is 0 Å². The molecule has 1 fully saturated rings. The van der Waals surface area contributed by atoms with Crippen LogP contribution < -0.4 is 10.1 Å². The minimum absolute atomic E-state index is 0.251. The second-order valence-electron chi connectivity index (χ2n) is 6.45. The summed E-state index contributed by atoms with van der Waals surface area (Å²) < 4.78 is 5.95. The van der Waals surface area contributed by atoms with Crippen molar-refractivity contribution in [2.75, 3.05) is 13.1 Å². The fourth-order valence-corrected chi connectivity index (χ4v) is 2.98. The molecule has 26 heavy (non-hydrogen) atoms. The Morgan fingerprint density at radius 3 is 2.77 bits per heavy atom. The summed E-state index contributed by atoms with van der Waals surface area (Å²) in [7, 11) is 0. The molecule has 0 bridgehead atoms. The molecule has 1 atom stereocenters. The van der Waals surface area contributed by atoms with Crippen LogP contribution >= 0.6 is 0 Å². The molecule has 0 saturated carbocycles. The monoisotopic (exact) mass is 354 g/mol. The number of nitrogens with one attached hydrogen (secondary N) is 1. The normalized spacial score (nSPS) is 16.3. The molecule has 136 valence electrons. The van der Waals surface area contributed by atoms with Crippen molar-refractivity contribution >= 4 is 12.0 Å². The molecule has 1 aliphatic rings. The van der Waals surface area contributed by atoms with Gasteiger partial charge in [-0.2, -0.15) is 0 Å². The Labute approximate surface area is 152 Å². The standard InChI is InChI=1S/C20H22N2O4/c1-14-5-4-7-17(11-14)26-18-8-3-2-6-15(18)12-21-20(25)22-10-9-16(13-22)19(23)24/h2-8,11,16H,9-10,12-13H2,1H3,(H,21,25)(H,23,24). The van der Waals surface area contributed by atoms with Crippen molar-refractivity contribution in [2.45, 2.75) is 19.9 Å². The highest BCUT2D eigenvalue weighted by molar-refractivity contribution is 5.77. The van der Waals surface area contributed by atoms with Crippen molar-refractivity contribution in [3.05, 3.63) is 59.7 Å². The lowest BCUT2D eigenvalue weighted by Crippen LogP contribution is -2.38. The zero-order chi connectivity index (χ0) is 18.5. The second kappa shape index (κ2) is 7.91. The summed E-state index contributed by atoms with van der Waals surface area (Å²) in [5, 5.41) is 11.9. The first-order valence-electron chi connectivity index (χ1n) is 8.61. The van der Waals surface area contributed by atoms with Gasteiger partial charge >= 0.3 is 12.0 Å². The van der Waals surface area contributed by atoms with Crippen molar-refractivity contribution in [1.29, 1.82) is 0 Å². The average Bonchev–Trinajstić information content (AvgIpc) is 3.11. The largest absolute Gasteiger partial charge is 0.481 e. The van der Waals surface area contributed by atoms with Crippen LogP contribution in [0.3, 0.4) is 0 Å². The van der Waals surface area contributed by atoms with Crippen LogP contribution in [-0.2, 0) is 11.3 Å². The van der Waals surface area contributed by atoms with E-state index in [9.17, 15) is 9.59 Å². The number of benzene rings is 2. The maximum Gasteiger partial charge on any atom is 0.317 e. The molecule has 2 N–H and O–H groups in total. The number of aliphatic carboxylic acids is 1. The lowest BCUT2D eigenvalue weighted by Gasteiger charge is -2.18. The molecule has 6 nitrogen and oxygen atoms in total. The first-order valence-corrected chi connectivity index (χ1v) is 8.61. The van der Waals surface area contributed by atoms with E-state index in [1.807, 2.05) is 55.5 Å². The molecule has 0 radical (unpaired) electrons. The number of carbonyl (C=O) groups is 2. The van der Waals surface area contributed by atoms with Gasteiger partial charge in [-0.15, -0.1) is 0 Å². The van der Waals surface area contributed by atoms with E-state index in [4.69, 9.17) is 9.84 Å². The lowest BCUT2D eigenvalue weighted by molar-refractivity contribution is -0.141. The van der Waals surface area contributed by atoms with Gasteiger partial charge in [-0.1, -0.05) is 30.3 Å². The zero-order valence-corrected chi connectivity index (χ0v) is 14.6. The first kappa shape index (κ1) is 17.8. The van der Waals surface area contributed by atoms with E-state index in [1.165, 1.54) is 0 Å². The van der Waals surface area contributed by atoms with Crippen molar-refractivity contribution in [2.24, 2.45) is 5.92 Å². The Morgan fingerprint density at radius 1 is 1.23 bits per heavy atom. The summed E-state index contributed by atoms with van der Waals surface area (Å²) in [6, 6.07) is 15.1. The number of aryl methyl sites for hydroxylation is 1. The first-order chi connectivity index (χ1) is 12.5. The smallest absolute Gasteiger partial charge is 0.317 e. The minimum atomic E-state index is -0.850. The van der Waals surface area contributed by atoms with Crippen molar-refractivity contribution < 1.29 is 19.4 Å². The third-order valence-electron chi connectivity index (χ3n) is 4.44. The van der Waals surface area contributed by atoms with E-state index >= 15 is 0 Å². The van der Waals surface area contributed by atoms with Crippen molar-refractivity contribution in [1.82, 2.24) is 10.2 Å². The number of carboxylic acids is 1. The number of urea groups is 1. The van der Waals surface area contributed by atoms with E-state index in [2.05, 4.69) is 5.32 Å². The Morgan fingerprint density at radius 2 is 2.04 bits per heavy atom. The number of carboxylic acid groups (broad SMARTS) is 1. The molecule has 0 aliphatic carbocycles. The lowest BCUT2D eigenvalue weighted by atomic mass is 10.1. The molecule has 2 aromatic rings. The van der Waals surface area contributed by atoms with E-state index in [0.29, 0.717) is 25.3 Å². The fourth-order valence-electron chi connectivity index (χ4n) is 2.98. The number of likely N-dealkylation sites (tertiary alicyclic amines) is 1. The Bertz CT molecular complexity index is 806. The highest BCUT2D eigenvalue weighted by atomic mass is 16.5. The predicted molar refractivity (Wildman–Crippen MR) is 97.2 cm³/mol. The average molecular weight is 354 g/mol. The molecule has 2 aromatic carbocycles. The Kier molecular flexibility index (Phi) is 5.41. The molecule has 6 heteroatoms. The third kappa shape index (κ3) is 4.33. The van der Waals surface area contributed by atoms with E-state index in [0.717, 1.165) is 16.9 Å². The van der Waals surface area contributed by atoms with Crippen LogP contribution in [0, 0.1) is 12.8 Å². The van der Waals surface area contributed by atoms with Crippen LogP contribution in [0.15, 0.2) is 48.5 Å². The van der Waals surface area contributed by atoms with Gasteiger partial charge in [-0.25, -0.2) is 4.79 Å². The van der Waals surface area contributed by atoms with Crippen LogP contribution in [-0.4, -0.2) is 35.1 Å².